The van der Waals surface area contributed by atoms with E-state index >= 15 is 0 Å². The SMILES string of the molecule is N.O=S(=O)(O)CCCN1CC2c3ccc(c2c3)C1I. The van der Waals surface area contributed by atoms with Crippen LogP contribution in [0, 0.1) is 5.92 Å². The Balaban J connectivity index is 0.00000133. The second-order valence-corrected chi connectivity index (χ2v) is 7.66. The molecule has 0 aromatic heterocycles. The van der Waals surface area contributed by atoms with Gasteiger partial charge in [-0.1, -0.05) is 40.8 Å². The first kappa shape index (κ1) is 15.2. The minimum absolute atomic E-state index is 0. The molecular formula is C12H17IN2O3S. The van der Waals surface area contributed by atoms with Crippen molar-refractivity contribution in [3.8, 4) is 0 Å². The van der Waals surface area contributed by atoms with Gasteiger partial charge in [-0.15, -0.1) is 0 Å². The minimum atomic E-state index is -3.83. The topological polar surface area (TPSA) is 92.6 Å². The number of likely N-dealkylation sites (tertiary alicyclic amines) is 1. The van der Waals surface area contributed by atoms with E-state index in [1.807, 2.05) is 0 Å². The van der Waals surface area contributed by atoms with Crippen LogP contribution in [0.15, 0.2) is 34.9 Å². The standard InChI is InChI=1S/C12H14INO3S.H3N/c13-12-9-3-2-8-6-10(9)11(8)7-14(12)4-1-5-18(15,16)17;/h2-3,6,11-12H,1,4-5,7H2,(H,15,16,17);1H3. The van der Waals surface area contributed by atoms with Crippen LogP contribution in [0.25, 0.3) is 0 Å². The summed E-state index contributed by atoms with van der Waals surface area (Å²) in [7, 11) is -3.83. The average Bonchev–Trinajstić information content (AvgIpc) is 2.29. The highest BCUT2D eigenvalue weighted by Crippen LogP contribution is 2.48. The summed E-state index contributed by atoms with van der Waals surface area (Å²) < 4.78 is 30.5. The Morgan fingerprint density at radius 2 is 2.11 bits per heavy atom. The van der Waals surface area contributed by atoms with Gasteiger partial charge in [-0.2, -0.15) is 8.42 Å². The zero-order chi connectivity index (χ0) is 12.9. The van der Waals surface area contributed by atoms with Crippen molar-refractivity contribution in [1.29, 1.82) is 0 Å². The maximum absolute atomic E-state index is 10.7. The molecule has 0 aromatic carbocycles. The Hall–Kier alpha value is -0.220. The predicted molar refractivity (Wildman–Crippen MR) is 83.2 cm³/mol. The van der Waals surface area contributed by atoms with Gasteiger partial charge in [-0.3, -0.25) is 9.45 Å². The Labute approximate surface area is 126 Å². The van der Waals surface area contributed by atoms with E-state index in [2.05, 4.69) is 45.7 Å². The Bertz CT molecular complexity index is 577. The summed E-state index contributed by atoms with van der Waals surface area (Å²) in [5, 5.41) is 0. The summed E-state index contributed by atoms with van der Waals surface area (Å²) in [5.41, 5.74) is 4.20. The molecule has 4 bridgehead atoms. The molecule has 1 aliphatic heterocycles. The molecule has 0 radical (unpaired) electrons. The highest BCUT2D eigenvalue weighted by Gasteiger charge is 2.41. The van der Waals surface area contributed by atoms with Crippen molar-refractivity contribution in [3.63, 3.8) is 0 Å². The molecule has 0 saturated carbocycles. The van der Waals surface area contributed by atoms with Crippen molar-refractivity contribution < 1.29 is 13.0 Å². The third kappa shape index (κ3) is 2.80. The van der Waals surface area contributed by atoms with E-state index in [1.54, 1.807) is 0 Å². The highest BCUT2D eigenvalue weighted by atomic mass is 127. The summed E-state index contributed by atoms with van der Waals surface area (Å²) in [5.74, 6) is 0.379. The van der Waals surface area contributed by atoms with Gasteiger partial charge in [0, 0.05) is 19.0 Å². The highest BCUT2D eigenvalue weighted by molar-refractivity contribution is 14.1. The van der Waals surface area contributed by atoms with E-state index in [0.29, 0.717) is 22.9 Å². The van der Waals surface area contributed by atoms with E-state index in [0.717, 1.165) is 6.54 Å². The predicted octanol–water partition coefficient (Wildman–Crippen LogP) is 1.93. The van der Waals surface area contributed by atoms with Gasteiger partial charge in [0.1, 0.15) is 0 Å². The molecule has 3 rings (SSSR count). The Morgan fingerprint density at radius 3 is 2.74 bits per heavy atom. The first-order valence-electron chi connectivity index (χ1n) is 5.93. The van der Waals surface area contributed by atoms with Crippen molar-refractivity contribution in [1.82, 2.24) is 11.1 Å². The summed E-state index contributed by atoms with van der Waals surface area (Å²) in [6.07, 6.45) is 7.10. The zero-order valence-electron chi connectivity index (χ0n) is 10.4. The number of nitrogens with zero attached hydrogens (tertiary/aromatic N) is 1. The van der Waals surface area contributed by atoms with Crippen molar-refractivity contribution in [2.24, 2.45) is 5.92 Å². The molecule has 19 heavy (non-hydrogen) atoms. The number of hydrogen-bond acceptors (Lipinski definition) is 4. The molecule has 1 heterocycles. The second kappa shape index (κ2) is 5.28. The first-order valence-corrected chi connectivity index (χ1v) is 8.78. The van der Waals surface area contributed by atoms with Crippen LogP contribution in [-0.2, 0) is 10.1 Å². The number of hydrogen-bond donors (Lipinski definition) is 2. The fraction of sp³-hybridized carbons (Fsp3) is 0.500. The molecule has 2 unspecified atom stereocenters. The van der Waals surface area contributed by atoms with Crippen LogP contribution in [-0.4, -0.2) is 40.8 Å². The zero-order valence-corrected chi connectivity index (χ0v) is 13.4. The van der Waals surface area contributed by atoms with Crippen LogP contribution in [0.4, 0.5) is 0 Å². The van der Waals surface area contributed by atoms with Crippen LogP contribution >= 0.6 is 22.6 Å². The molecule has 3 aliphatic rings. The molecule has 1 fully saturated rings. The second-order valence-electron chi connectivity index (χ2n) is 4.91. The first-order chi connectivity index (χ1) is 8.46. The van der Waals surface area contributed by atoms with Crippen LogP contribution in [0.1, 0.15) is 6.42 Å². The Kier molecular flexibility index (Phi) is 4.22. The van der Waals surface area contributed by atoms with Crippen molar-refractivity contribution in [3.05, 3.63) is 34.9 Å². The van der Waals surface area contributed by atoms with Gasteiger partial charge in [0.25, 0.3) is 10.1 Å². The van der Waals surface area contributed by atoms with Crippen molar-refractivity contribution >= 4 is 32.7 Å². The Morgan fingerprint density at radius 1 is 1.37 bits per heavy atom. The maximum atomic E-state index is 10.7. The van der Waals surface area contributed by atoms with Crippen molar-refractivity contribution in [2.45, 2.75) is 10.5 Å². The fourth-order valence-corrected chi connectivity index (χ4v) is 4.36. The smallest absolute Gasteiger partial charge is 0.264 e. The van der Waals surface area contributed by atoms with Crippen LogP contribution in [0.3, 0.4) is 0 Å². The number of allylic oxidation sites excluding steroid dienone is 3. The van der Waals surface area contributed by atoms with E-state index in [-0.39, 0.29) is 11.9 Å². The van der Waals surface area contributed by atoms with Crippen molar-refractivity contribution in [2.75, 3.05) is 18.8 Å². The normalized spacial score (nSPS) is 28.6. The quantitative estimate of drug-likeness (QED) is 0.328. The summed E-state index contributed by atoms with van der Waals surface area (Å²) in [6.45, 7) is 1.68. The molecule has 5 nitrogen and oxygen atoms in total. The largest absolute Gasteiger partial charge is 0.344 e. The number of halogens is 1. The van der Waals surface area contributed by atoms with E-state index in [9.17, 15) is 8.42 Å². The van der Waals surface area contributed by atoms with E-state index < -0.39 is 10.1 Å². The number of piperidine rings is 1. The van der Waals surface area contributed by atoms with Gasteiger partial charge in [0.05, 0.1) is 9.80 Å². The number of rotatable bonds is 4. The number of alkyl halides is 1. The van der Waals surface area contributed by atoms with Gasteiger partial charge in [0.15, 0.2) is 0 Å². The lowest BCUT2D eigenvalue weighted by Gasteiger charge is -2.47. The molecule has 2 atom stereocenters. The lowest BCUT2D eigenvalue weighted by Crippen LogP contribution is -2.47. The maximum Gasteiger partial charge on any atom is 0.264 e. The summed E-state index contributed by atoms with van der Waals surface area (Å²) in [6, 6.07) is 0. The van der Waals surface area contributed by atoms with Gasteiger partial charge in [0.2, 0.25) is 0 Å². The van der Waals surface area contributed by atoms with Crippen LogP contribution in [0.5, 0.6) is 0 Å². The molecule has 1 saturated heterocycles. The molecule has 0 aromatic rings. The fourth-order valence-electron chi connectivity index (χ4n) is 2.79. The van der Waals surface area contributed by atoms with Gasteiger partial charge < -0.3 is 6.15 Å². The van der Waals surface area contributed by atoms with Gasteiger partial charge in [-0.25, -0.2) is 0 Å². The molecule has 2 aliphatic carbocycles. The third-order valence-electron chi connectivity index (χ3n) is 3.73. The van der Waals surface area contributed by atoms with Gasteiger partial charge >= 0.3 is 0 Å². The summed E-state index contributed by atoms with van der Waals surface area (Å²) >= 11 is 2.40. The molecule has 106 valence electrons. The molecule has 0 amide bonds. The molecule has 0 spiro atoms. The molecule has 7 heteroatoms. The van der Waals surface area contributed by atoms with Crippen LogP contribution < -0.4 is 6.15 Å². The lowest BCUT2D eigenvalue weighted by atomic mass is 9.70. The summed E-state index contributed by atoms with van der Waals surface area (Å²) in [4.78, 5) is 2.30. The average molecular weight is 396 g/mol. The molecular weight excluding hydrogens is 379 g/mol. The third-order valence-corrected chi connectivity index (χ3v) is 5.99. The van der Waals surface area contributed by atoms with E-state index in [1.165, 1.54) is 16.7 Å². The van der Waals surface area contributed by atoms with Crippen LogP contribution in [0.2, 0.25) is 0 Å². The minimum Gasteiger partial charge on any atom is -0.344 e. The monoisotopic (exact) mass is 396 g/mol. The van der Waals surface area contributed by atoms with E-state index in [4.69, 9.17) is 4.55 Å². The lowest BCUT2D eigenvalue weighted by molar-refractivity contribution is 0.238. The van der Waals surface area contributed by atoms with Gasteiger partial charge in [-0.05, 0) is 23.1 Å². The molecule has 4 N–H and O–H groups in total.